The SMILES string of the molecule is O=C(C1CCS(=O)(=O)C1)N(CCO)CCO. The summed E-state index contributed by atoms with van der Waals surface area (Å²) in [6, 6.07) is 0. The summed E-state index contributed by atoms with van der Waals surface area (Å²) in [7, 11) is -3.08. The van der Waals surface area contributed by atoms with Crippen molar-refractivity contribution in [2.24, 2.45) is 5.92 Å². The fourth-order valence-electron chi connectivity index (χ4n) is 1.82. The van der Waals surface area contributed by atoms with Crippen molar-refractivity contribution >= 4 is 15.7 Å². The van der Waals surface area contributed by atoms with Crippen LogP contribution in [0.1, 0.15) is 6.42 Å². The Labute approximate surface area is 94.8 Å². The molecule has 1 aliphatic rings. The summed E-state index contributed by atoms with van der Waals surface area (Å²) in [5, 5.41) is 17.5. The summed E-state index contributed by atoms with van der Waals surface area (Å²) in [5.74, 6) is -0.860. The summed E-state index contributed by atoms with van der Waals surface area (Å²) < 4.78 is 22.4. The van der Waals surface area contributed by atoms with Crippen LogP contribution in [0, 0.1) is 5.92 Å². The van der Waals surface area contributed by atoms with E-state index in [9.17, 15) is 13.2 Å². The lowest BCUT2D eigenvalue weighted by Crippen LogP contribution is -2.40. The van der Waals surface area contributed by atoms with Gasteiger partial charge >= 0.3 is 0 Å². The Kier molecular flexibility index (Phi) is 4.69. The predicted molar refractivity (Wildman–Crippen MR) is 57.5 cm³/mol. The third-order valence-corrected chi connectivity index (χ3v) is 4.40. The van der Waals surface area contributed by atoms with Crippen LogP contribution in [0.5, 0.6) is 0 Å². The van der Waals surface area contributed by atoms with E-state index in [0.29, 0.717) is 6.42 Å². The van der Waals surface area contributed by atoms with E-state index >= 15 is 0 Å². The normalized spacial score (nSPS) is 23.2. The quantitative estimate of drug-likeness (QED) is 0.603. The molecule has 1 unspecified atom stereocenters. The third kappa shape index (κ3) is 3.43. The van der Waals surface area contributed by atoms with Gasteiger partial charge in [0.2, 0.25) is 5.91 Å². The summed E-state index contributed by atoms with van der Waals surface area (Å²) in [6.45, 7) is -0.109. The highest BCUT2D eigenvalue weighted by molar-refractivity contribution is 7.91. The van der Waals surface area contributed by atoms with Crippen LogP contribution in [0.15, 0.2) is 0 Å². The Balaban J connectivity index is 2.61. The van der Waals surface area contributed by atoms with Gasteiger partial charge in [0, 0.05) is 13.1 Å². The molecule has 0 aromatic heterocycles. The molecule has 0 bridgehead atoms. The smallest absolute Gasteiger partial charge is 0.226 e. The Hall–Kier alpha value is -0.660. The highest BCUT2D eigenvalue weighted by atomic mass is 32.2. The van der Waals surface area contributed by atoms with Crippen molar-refractivity contribution in [2.45, 2.75) is 6.42 Å². The Morgan fingerprint density at radius 1 is 1.25 bits per heavy atom. The van der Waals surface area contributed by atoms with E-state index in [1.54, 1.807) is 0 Å². The van der Waals surface area contributed by atoms with E-state index in [4.69, 9.17) is 10.2 Å². The number of amides is 1. The Morgan fingerprint density at radius 3 is 2.19 bits per heavy atom. The summed E-state index contributed by atoms with van der Waals surface area (Å²) >= 11 is 0. The van der Waals surface area contributed by atoms with Gasteiger partial charge in [-0.2, -0.15) is 0 Å². The minimum atomic E-state index is -3.08. The Morgan fingerprint density at radius 2 is 1.81 bits per heavy atom. The third-order valence-electron chi connectivity index (χ3n) is 2.63. The number of hydrogen-bond acceptors (Lipinski definition) is 5. The zero-order chi connectivity index (χ0) is 12.2. The molecule has 1 amide bonds. The molecular formula is C9H17NO5S. The molecule has 0 radical (unpaired) electrons. The first-order chi connectivity index (χ1) is 7.50. The first kappa shape index (κ1) is 13.4. The lowest BCUT2D eigenvalue weighted by Gasteiger charge is -2.23. The van der Waals surface area contributed by atoms with Gasteiger partial charge in [-0.15, -0.1) is 0 Å². The molecule has 1 heterocycles. The number of rotatable bonds is 5. The highest BCUT2D eigenvalue weighted by Crippen LogP contribution is 2.20. The number of sulfone groups is 1. The number of aliphatic hydroxyl groups is 2. The number of carbonyl (C=O) groups excluding carboxylic acids is 1. The fraction of sp³-hybridized carbons (Fsp3) is 0.889. The zero-order valence-corrected chi connectivity index (χ0v) is 9.82. The maximum absolute atomic E-state index is 11.9. The molecule has 0 aromatic carbocycles. The van der Waals surface area contributed by atoms with E-state index in [-0.39, 0.29) is 43.7 Å². The van der Waals surface area contributed by atoms with E-state index in [2.05, 4.69) is 0 Å². The van der Waals surface area contributed by atoms with Crippen LogP contribution in [-0.4, -0.2) is 67.2 Å². The van der Waals surface area contributed by atoms with Crippen molar-refractivity contribution in [3.05, 3.63) is 0 Å². The van der Waals surface area contributed by atoms with Crippen molar-refractivity contribution in [2.75, 3.05) is 37.8 Å². The monoisotopic (exact) mass is 251 g/mol. The van der Waals surface area contributed by atoms with E-state index in [1.807, 2.05) is 0 Å². The molecular weight excluding hydrogens is 234 g/mol. The summed E-state index contributed by atoms with van der Waals surface area (Å²) in [4.78, 5) is 13.2. The molecule has 0 aromatic rings. The molecule has 2 N–H and O–H groups in total. The van der Waals surface area contributed by atoms with Gasteiger partial charge in [-0.25, -0.2) is 8.42 Å². The van der Waals surface area contributed by atoms with Gasteiger partial charge in [-0.3, -0.25) is 4.79 Å². The number of carbonyl (C=O) groups is 1. The van der Waals surface area contributed by atoms with Crippen LogP contribution in [0.25, 0.3) is 0 Å². The lowest BCUT2D eigenvalue weighted by atomic mass is 10.1. The zero-order valence-electron chi connectivity index (χ0n) is 9.00. The molecule has 6 nitrogen and oxygen atoms in total. The molecule has 94 valence electrons. The van der Waals surface area contributed by atoms with Gasteiger partial charge in [0.05, 0.1) is 30.6 Å². The molecule has 16 heavy (non-hydrogen) atoms. The van der Waals surface area contributed by atoms with Gasteiger partial charge in [0.15, 0.2) is 9.84 Å². The summed E-state index contributed by atoms with van der Waals surface area (Å²) in [5.41, 5.74) is 0. The van der Waals surface area contributed by atoms with Crippen molar-refractivity contribution in [1.82, 2.24) is 4.90 Å². The lowest BCUT2D eigenvalue weighted by molar-refractivity contribution is -0.135. The molecule has 0 aliphatic carbocycles. The van der Waals surface area contributed by atoms with Crippen molar-refractivity contribution in [1.29, 1.82) is 0 Å². The largest absolute Gasteiger partial charge is 0.395 e. The van der Waals surface area contributed by atoms with Gasteiger partial charge in [0.1, 0.15) is 0 Å². The standard InChI is InChI=1S/C9H17NO5S/c11-4-2-10(3-5-12)9(13)8-1-6-16(14,15)7-8/h8,11-12H,1-7H2. The number of hydrogen-bond donors (Lipinski definition) is 2. The molecule has 0 saturated carbocycles. The first-order valence-electron chi connectivity index (χ1n) is 5.21. The van der Waals surface area contributed by atoms with Crippen molar-refractivity contribution in [3.8, 4) is 0 Å². The molecule has 1 atom stereocenters. The van der Waals surface area contributed by atoms with Gasteiger partial charge in [-0.05, 0) is 6.42 Å². The van der Waals surface area contributed by atoms with Crippen LogP contribution >= 0.6 is 0 Å². The predicted octanol–water partition coefficient (Wildman–Crippen LogP) is -1.77. The van der Waals surface area contributed by atoms with E-state index in [1.165, 1.54) is 4.90 Å². The Bertz CT molecular complexity index is 334. The van der Waals surface area contributed by atoms with E-state index < -0.39 is 15.8 Å². The minimum absolute atomic E-state index is 0.0511. The number of aliphatic hydroxyl groups excluding tert-OH is 2. The van der Waals surface area contributed by atoms with Gasteiger partial charge in [-0.1, -0.05) is 0 Å². The second-order valence-electron chi connectivity index (χ2n) is 3.87. The molecule has 1 fully saturated rings. The molecule has 0 spiro atoms. The maximum atomic E-state index is 11.9. The fourth-order valence-corrected chi connectivity index (χ4v) is 3.55. The van der Waals surface area contributed by atoms with Crippen LogP contribution in [0.4, 0.5) is 0 Å². The second kappa shape index (κ2) is 5.60. The average Bonchev–Trinajstić information content (AvgIpc) is 2.57. The van der Waals surface area contributed by atoms with Crippen molar-refractivity contribution < 1.29 is 23.4 Å². The molecule has 1 saturated heterocycles. The maximum Gasteiger partial charge on any atom is 0.226 e. The topological polar surface area (TPSA) is 94.9 Å². The second-order valence-corrected chi connectivity index (χ2v) is 6.10. The highest BCUT2D eigenvalue weighted by Gasteiger charge is 2.35. The molecule has 1 aliphatic heterocycles. The average molecular weight is 251 g/mol. The first-order valence-corrected chi connectivity index (χ1v) is 7.03. The van der Waals surface area contributed by atoms with Crippen LogP contribution in [0.2, 0.25) is 0 Å². The minimum Gasteiger partial charge on any atom is -0.395 e. The van der Waals surface area contributed by atoms with Gasteiger partial charge in [0.25, 0.3) is 0 Å². The van der Waals surface area contributed by atoms with Crippen molar-refractivity contribution in [3.63, 3.8) is 0 Å². The van der Waals surface area contributed by atoms with Gasteiger partial charge < -0.3 is 15.1 Å². The molecule has 1 rings (SSSR count). The van der Waals surface area contributed by atoms with Crippen LogP contribution in [0.3, 0.4) is 0 Å². The summed E-state index contributed by atoms with van der Waals surface area (Å²) in [6.07, 6.45) is 0.342. The van der Waals surface area contributed by atoms with Crippen LogP contribution < -0.4 is 0 Å². The van der Waals surface area contributed by atoms with Crippen LogP contribution in [-0.2, 0) is 14.6 Å². The number of nitrogens with zero attached hydrogens (tertiary/aromatic N) is 1. The molecule has 7 heteroatoms. The van der Waals surface area contributed by atoms with E-state index in [0.717, 1.165) is 0 Å².